The van der Waals surface area contributed by atoms with E-state index in [2.05, 4.69) is 87.7 Å². The van der Waals surface area contributed by atoms with Gasteiger partial charge in [0.2, 0.25) is 0 Å². The van der Waals surface area contributed by atoms with Gasteiger partial charge in [-0.1, -0.05) is 71.9 Å². The van der Waals surface area contributed by atoms with E-state index in [1.165, 1.54) is 23.1 Å². The summed E-state index contributed by atoms with van der Waals surface area (Å²) >= 11 is 1.60. The number of hydrogen-bond donors (Lipinski definition) is 0. The minimum absolute atomic E-state index is 0.101. The van der Waals surface area contributed by atoms with E-state index >= 15 is 0 Å². The van der Waals surface area contributed by atoms with Crippen LogP contribution in [0.1, 0.15) is 93.0 Å². The molecule has 43 heavy (non-hydrogen) atoms. The summed E-state index contributed by atoms with van der Waals surface area (Å²) in [7, 11) is 3.33. The number of carbonyl (C=O) groups is 1. The number of thiazole rings is 1. The third-order valence-electron chi connectivity index (χ3n) is 9.20. The predicted octanol–water partition coefficient (Wildman–Crippen LogP) is 7.74. The average Bonchev–Trinajstić information content (AvgIpc) is 3.51. The maximum Gasteiger partial charge on any atom is 0.273 e. The van der Waals surface area contributed by atoms with E-state index in [0.717, 1.165) is 55.4 Å². The second-order valence-corrected chi connectivity index (χ2v) is 15.8. The molecule has 2 aromatic carbocycles. The Balaban J connectivity index is 1.31. The number of hydrogen-bond acceptors (Lipinski definition) is 6. The highest BCUT2D eigenvalue weighted by atomic mass is 32.1. The fraction of sp³-hybridized carbons (Fsp3) is 0.556. The molecule has 6 nitrogen and oxygen atoms in total. The Labute approximate surface area is 262 Å². The molecule has 232 valence electrons. The van der Waals surface area contributed by atoms with E-state index in [1.54, 1.807) is 25.6 Å². The number of amides is 1. The highest BCUT2D eigenvalue weighted by Crippen LogP contribution is 2.52. The lowest BCUT2D eigenvalue weighted by atomic mass is 9.65. The minimum Gasteiger partial charge on any atom is -0.493 e. The summed E-state index contributed by atoms with van der Waals surface area (Å²) in [5.74, 6) is 1.58. The van der Waals surface area contributed by atoms with Crippen molar-refractivity contribution in [3.63, 3.8) is 0 Å². The van der Waals surface area contributed by atoms with Crippen LogP contribution >= 0.6 is 11.3 Å². The second-order valence-electron chi connectivity index (χ2n) is 14.9. The van der Waals surface area contributed by atoms with Crippen molar-refractivity contribution in [2.75, 3.05) is 27.3 Å². The largest absolute Gasteiger partial charge is 0.493 e. The van der Waals surface area contributed by atoms with Crippen molar-refractivity contribution in [2.24, 2.45) is 10.8 Å². The van der Waals surface area contributed by atoms with Gasteiger partial charge in [0.25, 0.3) is 5.91 Å². The van der Waals surface area contributed by atoms with Gasteiger partial charge in [0.1, 0.15) is 10.7 Å². The molecule has 2 aliphatic rings. The fourth-order valence-electron chi connectivity index (χ4n) is 7.42. The van der Waals surface area contributed by atoms with Crippen molar-refractivity contribution in [1.82, 2.24) is 14.8 Å². The van der Waals surface area contributed by atoms with Gasteiger partial charge in [0.15, 0.2) is 11.5 Å². The summed E-state index contributed by atoms with van der Waals surface area (Å²) < 4.78 is 11.0. The number of likely N-dealkylation sites (tertiary alicyclic amines) is 1. The van der Waals surface area contributed by atoms with Crippen LogP contribution in [0, 0.1) is 10.8 Å². The van der Waals surface area contributed by atoms with Crippen LogP contribution < -0.4 is 9.47 Å². The number of benzene rings is 2. The highest BCUT2D eigenvalue weighted by molar-refractivity contribution is 7.09. The van der Waals surface area contributed by atoms with Crippen LogP contribution in [0.3, 0.4) is 0 Å². The normalized spacial score (nSPS) is 21.3. The number of carbonyl (C=O) groups excluding carboxylic acids is 1. The van der Waals surface area contributed by atoms with E-state index in [0.29, 0.717) is 18.3 Å². The van der Waals surface area contributed by atoms with Gasteiger partial charge in [0, 0.05) is 31.1 Å². The van der Waals surface area contributed by atoms with E-state index < -0.39 is 0 Å². The van der Waals surface area contributed by atoms with Crippen LogP contribution in [0.5, 0.6) is 11.5 Å². The summed E-state index contributed by atoms with van der Waals surface area (Å²) in [6.45, 7) is 17.0. The van der Waals surface area contributed by atoms with E-state index in [9.17, 15) is 4.79 Å². The van der Waals surface area contributed by atoms with Gasteiger partial charge in [-0.25, -0.2) is 4.98 Å². The van der Waals surface area contributed by atoms with Crippen molar-refractivity contribution in [3.8, 4) is 11.5 Å². The minimum atomic E-state index is 0.101. The monoisotopic (exact) mass is 603 g/mol. The zero-order chi connectivity index (χ0) is 31.0. The van der Waals surface area contributed by atoms with Gasteiger partial charge >= 0.3 is 0 Å². The molecule has 1 aliphatic carbocycles. The molecule has 1 aromatic heterocycles. The van der Waals surface area contributed by atoms with Gasteiger partial charge in [-0.05, 0) is 70.8 Å². The first-order chi connectivity index (χ1) is 20.3. The number of rotatable bonds is 10. The molecule has 2 unspecified atom stereocenters. The Bertz CT molecular complexity index is 1420. The van der Waals surface area contributed by atoms with Crippen LogP contribution in [0.15, 0.2) is 47.8 Å². The molecule has 2 bridgehead atoms. The lowest BCUT2D eigenvalue weighted by Gasteiger charge is -2.39. The van der Waals surface area contributed by atoms with Crippen LogP contribution in [0.2, 0.25) is 0 Å². The molecular formula is C36H49N3O3S. The first-order valence-electron chi connectivity index (χ1n) is 15.6. The van der Waals surface area contributed by atoms with Gasteiger partial charge in [-0.3, -0.25) is 9.69 Å². The third kappa shape index (κ3) is 7.43. The van der Waals surface area contributed by atoms with Crippen molar-refractivity contribution in [2.45, 2.75) is 91.8 Å². The summed E-state index contributed by atoms with van der Waals surface area (Å²) in [6.07, 6.45) is 4.22. The molecule has 1 saturated carbocycles. The molecule has 7 heteroatoms. The molecule has 2 atom stereocenters. The Hall–Kier alpha value is -2.90. The molecule has 1 aliphatic heterocycles. The standard InChI is InChI=1S/C36H49N3O3S/c1-34(2,3)27-12-9-26(10-13-27)20-38(16-15-25-11-14-30(41-7)31(17-25)42-8)21-32-37-29(22-43-32)33(40)39-24-36(6)19-28(39)18-35(4,5)23-36/h9-14,17,22,28H,15-16,18-21,23-24H2,1-8H3. The maximum atomic E-state index is 13.7. The predicted molar refractivity (Wildman–Crippen MR) is 175 cm³/mol. The summed E-state index contributed by atoms with van der Waals surface area (Å²) in [5, 5.41) is 2.95. The van der Waals surface area contributed by atoms with E-state index in [1.807, 2.05) is 11.4 Å². The second kappa shape index (κ2) is 12.2. The van der Waals surface area contributed by atoms with Crippen LogP contribution in [0.4, 0.5) is 0 Å². The zero-order valence-electron chi connectivity index (χ0n) is 27.3. The van der Waals surface area contributed by atoms with Gasteiger partial charge in [-0.2, -0.15) is 0 Å². The molecule has 0 N–H and O–H groups in total. The Kier molecular flexibility index (Phi) is 8.97. The first-order valence-corrected chi connectivity index (χ1v) is 16.4. The van der Waals surface area contributed by atoms with E-state index in [4.69, 9.17) is 14.5 Å². The average molecular weight is 604 g/mol. The van der Waals surface area contributed by atoms with Crippen LogP contribution in [-0.2, 0) is 24.9 Å². The molecule has 1 saturated heterocycles. The van der Waals surface area contributed by atoms with E-state index in [-0.39, 0.29) is 22.2 Å². The molecular weight excluding hydrogens is 554 g/mol. The quantitative estimate of drug-likeness (QED) is 0.237. The smallest absolute Gasteiger partial charge is 0.273 e. The lowest BCUT2D eigenvalue weighted by molar-refractivity contribution is 0.0702. The number of nitrogens with zero attached hydrogens (tertiary/aromatic N) is 3. The number of fused-ring (bicyclic) bond motifs is 2. The molecule has 2 fully saturated rings. The van der Waals surface area contributed by atoms with Crippen molar-refractivity contribution in [1.29, 1.82) is 0 Å². The summed E-state index contributed by atoms with van der Waals surface area (Å²) in [5.41, 5.74) is 5.01. The molecule has 5 rings (SSSR count). The van der Waals surface area contributed by atoms with Gasteiger partial charge in [0.05, 0.1) is 20.8 Å². The number of aromatic nitrogens is 1. The molecule has 0 spiro atoms. The molecule has 1 amide bonds. The van der Waals surface area contributed by atoms with Crippen LogP contribution in [-0.4, -0.2) is 54.0 Å². The molecule has 3 aromatic rings. The number of ether oxygens (including phenoxy) is 2. The summed E-state index contributed by atoms with van der Waals surface area (Å²) in [4.78, 5) is 23.2. The van der Waals surface area contributed by atoms with Crippen molar-refractivity contribution >= 4 is 17.2 Å². The maximum absolute atomic E-state index is 13.7. The first kappa shape index (κ1) is 31.5. The Morgan fingerprint density at radius 1 is 1.00 bits per heavy atom. The summed E-state index contributed by atoms with van der Waals surface area (Å²) in [6, 6.07) is 15.4. The Morgan fingerprint density at radius 2 is 1.70 bits per heavy atom. The van der Waals surface area contributed by atoms with Gasteiger partial charge < -0.3 is 14.4 Å². The Morgan fingerprint density at radius 3 is 2.37 bits per heavy atom. The molecule has 2 heterocycles. The number of methoxy groups -OCH3 is 2. The highest BCUT2D eigenvalue weighted by Gasteiger charge is 2.51. The fourth-order valence-corrected chi connectivity index (χ4v) is 8.23. The van der Waals surface area contributed by atoms with Crippen molar-refractivity contribution < 1.29 is 14.3 Å². The van der Waals surface area contributed by atoms with Crippen LogP contribution in [0.25, 0.3) is 0 Å². The van der Waals surface area contributed by atoms with Crippen molar-refractivity contribution in [3.05, 3.63) is 75.2 Å². The topological polar surface area (TPSA) is 54.9 Å². The third-order valence-corrected chi connectivity index (χ3v) is 10.0. The lowest BCUT2D eigenvalue weighted by Crippen LogP contribution is -2.37. The van der Waals surface area contributed by atoms with Gasteiger partial charge in [-0.15, -0.1) is 11.3 Å². The zero-order valence-corrected chi connectivity index (χ0v) is 28.1. The molecule has 0 radical (unpaired) electrons. The SMILES string of the molecule is COc1ccc(CCN(Cc2ccc(C(C)(C)C)cc2)Cc2nc(C(=O)N3CC4(C)CC3CC(C)(C)C4)cs2)cc1OC.